The summed E-state index contributed by atoms with van der Waals surface area (Å²) < 4.78 is 22.9. The molecule has 4 fully saturated rings. The fourth-order valence-corrected chi connectivity index (χ4v) is 7.51. The minimum atomic E-state index is -0.0754. The second-order valence-corrected chi connectivity index (χ2v) is 12.5. The van der Waals surface area contributed by atoms with E-state index in [0.29, 0.717) is 47.6 Å². The summed E-state index contributed by atoms with van der Waals surface area (Å²) in [6.07, 6.45) is 8.60. The molecule has 41 heavy (non-hydrogen) atoms. The highest BCUT2D eigenvalue weighted by Crippen LogP contribution is 2.46. The molecule has 3 atom stereocenters. The van der Waals surface area contributed by atoms with Crippen molar-refractivity contribution < 1.29 is 18.7 Å². The van der Waals surface area contributed by atoms with Crippen molar-refractivity contribution in [1.29, 1.82) is 0 Å². The molecule has 0 spiro atoms. The fraction of sp³-hybridized carbons (Fsp3) is 0.500. The Hall–Kier alpha value is -2.61. The molecule has 4 aliphatic rings. The highest BCUT2D eigenvalue weighted by Gasteiger charge is 2.46. The van der Waals surface area contributed by atoms with E-state index in [9.17, 15) is 9.18 Å². The summed E-state index contributed by atoms with van der Waals surface area (Å²) in [5, 5.41) is 5.89. The van der Waals surface area contributed by atoms with Gasteiger partial charge in [-0.25, -0.2) is 4.68 Å². The van der Waals surface area contributed by atoms with Crippen molar-refractivity contribution in [3.05, 3.63) is 75.5 Å². The second kappa shape index (κ2) is 11.9. The van der Waals surface area contributed by atoms with Gasteiger partial charge in [-0.1, -0.05) is 41.4 Å². The van der Waals surface area contributed by atoms with Crippen LogP contribution in [0.25, 0.3) is 5.69 Å². The molecule has 0 amide bonds. The third-order valence-corrected chi connectivity index (χ3v) is 9.96. The van der Waals surface area contributed by atoms with Gasteiger partial charge in [0.15, 0.2) is 0 Å². The average molecular weight is 601 g/mol. The van der Waals surface area contributed by atoms with Crippen LogP contribution in [0, 0.1) is 11.8 Å². The first-order valence-corrected chi connectivity index (χ1v) is 15.2. The number of fused-ring (bicyclic) bond motifs is 2. The molecule has 1 aliphatic heterocycles. The lowest BCUT2D eigenvalue weighted by Gasteiger charge is -2.35. The molecule has 0 radical (unpaired) electrons. The molecule has 9 heteroatoms. The van der Waals surface area contributed by atoms with Gasteiger partial charge in [0.2, 0.25) is 0 Å². The van der Waals surface area contributed by atoms with E-state index in [1.165, 1.54) is 43.2 Å². The predicted octanol–water partition coefficient (Wildman–Crippen LogP) is 7.49. The van der Waals surface area contributed by atoms with Crippen molar-refractivity contribution in [2.75, 3.05) is 25.7 Å². The van der Waals surface area contributed by atoms with Crippen molar-refractivity contribution in [2.24, 2.45) is 11.8 Å². The normalized spacial score (nSPS) is 26.4. The second-order valence-electron chi connectivity index (χ2n) is 11.7. The van der Waals surface area contributed by atoms with Crippen LogP contribution in [0.2, 0.25) is 10.0 Å². The zero-order valence-corrected chi connectivity index (χ0v) is 25.0. The summed E-state index contributed by atoms with van der Waals surface area (Å²) in [5.41, 5.74) is 5.69. The maximum absolute atomic E-state index is 11.7. The number of carbonyl (C=O) groups excluding carboxylic acids is 1. The van der Waals surface area contributed by atoms with Crippen LogP contribution in [0.3, 0.4) is 0 Å². The molecule has 3 aromatic rings. The molecule has 2 heterocycles. The highest BCUT2D eigenvalue weighted by atomic mass is 35.5. The number of benzene rings is 2. The summed E-state index contributed by atoms with van der Waals surface area (Å²) in [5.74, 6) is 1.53. The fourth-order valence-electron chi connectivity index (χ4n) is 6.95. The number of hydrogen-bond acceptors (Lipinski definition) is 5. The van der Waals surface area contributed by atoms with Crippen LogP contribution in [0.15, 0.2) is 48.7 Å². The molecule has 2 bridgehead atoms. The molecule has 3 saturated carbocycles. The summed E-state index contributed by atoms with van der Waals surface area (Å²) in [7, 11) is 1.97. The van der Waals surface area contributed by atoms with E-state index in [4.69, 9.17) is 37.8 Å². The number of piperidine rings is 1. The number of methoxy groups -OCH3 is 1. The third-order valence-electron chi connectivity index (χ3n) is 9.35. The van der Waals surface area contributed by atoms with Gasteiger partial charge in [0.25, 0.3) is 0 Å². The molecule has 3 unspecified atom stereocenters. The maximum atomic E-state index is 11.7. The number of aromatic nitrogens is 2. The Balaban J connectivity index is 0.00000148. The summed E-state index contributed by atoms with van der Waals surface area (Å²) in [6, 6.07) is 15.1. The number of hydrogen-bond donors (Lipinski definition) is 0. The molecule has 7 rings (SSSR count). The van der Waals surface area contributed by atoms with Gasteiger partial charge in [-0.3, -0.25) is 9.18 Å². The van der Waals surface area contributed by atoms with Crippen LogP contribution in [0.1, 0.15) is 67.2 Å². The standard InChI is InChI=1S/C31H33Cl2N3O3.CH3F/c1-38-31(37)21-11-20(12-21)18-7-9-23(10-8-18)35-16-22-13-24(35)14-29(22)39-17-28-25(19-5-6-19)15-34-36(28)30-26(32)3-2-4-27(30)33;1-2/h2-4,7-10,15,19-22,24,29H,5-6,11-14,16-17H2,1H3;1H3. The van der Waals surface area contributed by atoms with Gasteiger partial charge in [-0.05, 0) is 85.8 Å². The molecule has 0 N–H and O–H groups in total. The summed E-state index contributed by atoms with van der Waals surface area (Å²) in [6.45, 7) is 1.54. The molecule has 218 valence electrons. The largest absolute Gasteiger partial charge is 0.469 e. The van der Waals surface area contributed by atoms with E-state index in [1.54, 1.807) is 0 Å². The topological polar surface area (TPSA) is 56.6 Å². The Morgan fingerprint density at radius 3 is 2.32 bits per heavy atom. The van der Waals surface area contributed by atoms with Crippen LogP contribution in [-0.2, 0) is 20.9 Å². The number of esters is 1. The first-order chi connectivity index (χ1) is 20.0. The van der Waals surface area contributed by atoms with Gasteiger partial charge >= 0.3 is 5.97 Å². The molecule has 6 nitrogen and oxygen atoms in total. The van der Waals surface area contributed by atoms with E-state index >= 15 is 0 Å². The Morgan fingerprint density at radius 1 is 1.00 bits per heavy atom. The van der Waals surface area contributed by atoms with Gasteiger partial charge < -0.3 is 14.4 Å². The van der Waals surface area contributed by atoms with E-state index < -0.39 is 0 Å². The molecule has 3 aliphatic carbocycles. The lowest BCUT2D eigenvalue weighted by atomic mass is 9.71. The minimum Gasteiger partial charge on any atom is -0.469 e. The molecular weight excluding hydrogens is 564 g/mol. The quantitative estimate of drug-likeness (QED) is 0.251. The summed E-state index contributed by atoms with van der Waals surface area (Å²) >= 11 is 13.1. The lowest BCUT2D eigenvalue weighted by molar-refractivity contribution is -0.148. The monoisotopic (exact) mass is 599 g/mol. The predicted molar refractivity (Wildman–Crippen MR) is 159 cm³/mol. The number of rotatable bonds is 8. The zero-order chi connectivity index (χ0) is 28.7. The van der Waals surface area contributed by atoms with E-state index in [1.807, 2.05) is 29.1 Å². The van der Waals surface area contributed by atoms with Gasteiger partial charge in [-0.2, -0.15) is 5.10 Å². The van der Waals surface area contributed by atoms with Crippen molar-refractivity contribution in [1.82, 2.24) is 9.78 Å². The zero-order valence-electron chi connectivity index (χ0n) is 23.4. The van der Waals surface area contributed by atoms with Gasteiger partial charge in [0, 0.05) is 24.2 Å². The van der Waals surface area contributed by atoms with Gasteiger partial charge in [-0.15, -0.1) is 0 Å². The van der Waals surface area contributed by atoms with Gasteiger partial charge in [0.1, 0.15) is 5.69 Å². The lowest BCUT2D eigenvalue weighted by Crippen LogP contribution is -2.38. The van der Waals surface area contributed by atoms with Crippen LogP contribution in [-0.4, -0.2) is 48.7 Å². The van der Waals surface area contributed by atoms with E-state index in [2.05, 4.69) is 29.2 Å². The Morgan fingerprint density at radius 2 is 1.71 bits per heavy atom. The molecule has 1 aromatic heterocycles. The third kappa shape index (κ3) is 5.49. The molecular formula is C32H36Cl2FN3O3. The number of halogens is 3. The number of carbonyl (C=O) groups is 1. The average Bonchev–Trinajstić information content (AvgIpc) is 3.41. The van der Waals surface area contributed by atoms with Crippen LogP contribution in [0.5, 0.6) is 0 Å². The number of para-hydroxylation sites is 1. The first-order valence-electron chi connectivity index (χ1n) is 14.4. The Labute approximate surface area is 250 Å². The molecule has 2 aromatic carbocycles. The molecule has 1 saturated heterocycles. The van der Waals surface area contributed by atoms with Crippen LogP contribution in [0.4, 0.5) is 10.1 Å². The first kappa shape index (κ1) is 28.5. The van der Waals surface area contributed by atoms with E-state index in [0.717, 1.165) is 37.2 Å². The summed E-state index contributed by atoms with van der Waals surface area (Å²) in [4.78, 5) is 14.3. The smallest absolute Gasteiger partial charge is 0.308 e. The maximum Gasteiger partial charge on any atom is 0.308 e. The SMILES string of the molecule is CF.COC(=O)C1CC(c2ccc(N3CC4CC3CC4OCc3c(C4CC4)cnn3-c3c(Cl)cccc3Cl)cc2)C1. The van der Waals surface area contributed by atoms with Crippen molar-refractivity contribution in [2.45, 2.75) is 69.1 Å². The van der Waals surface area contributed by atoms with Crippen LogP contribution < -0.4 is 4.90 Å². The number of anilines is 1. The van der Waals surface area contributed by atoms with Crippen molar-refractivity contribution >= 4 is 34.9 Å². The Kier molecular flexibility index (Phi) is 8.30. The van der Waals surface area contributed by atoms with Crippen LogP contribution >= 0.6 is 23.2 Å². The van der Waals surface area contributed by atoms with E-state index in [-0.39, 0.29) is 18.0 Å². The number of ether oxygens (including phenoxy) is 2. The van der Waals surface area contributed by atoms with Crippen molar-refractivity contribution in [3.8, 4) is 5.69 Å². The Bertz CT molecular complexity index is 1370. The van der Waals surface area contributed by atoms with Crippen molar-refractivity contribution in [3.63, 3.8) is 0 Å². The minimum absolute atomic E-state index is 0.0617. The highest BCUT2D eigenvalue weighted by molar-refractivity contribution is 6.37. The van der Waals surface area contributed by atoms with Gasteiger partial charge in [0.05, 0.1) is 54.9 Å². The number of alkyl halides is 1. The number of nitrogens with zero attached hydrogens (tertiary/aromatic N) is 3.